The summed E-state index contributed by atoms with van der Waals surface area (Å²) in [7, 11) is 0. The van der Waals surface area contributed by atoms with Gasteiger partial charge < -0.3 is 14.8 Å². The first kappa shape index (κ1) is 17.6. The normalized spacial score (nSPS) is 18.9. The standard InChI is InChI=1S/C16H22F2N2O3/c1-11(4-6-13-3-2-8-22-13)20-16(21)12-5-7-15(19-9-12)23-10-14(17)18/h5,7,9,11,13-14H,2-4,6,8,10H2,1H3,(H,20,21)/t11-,13-/m0/s1. The van der Waals surface area contributed by atoms with Gasteiger partial charge in [0.05, 0.1) is 11.7 Å². The number of hydrogen-bond acceptors (Lipinski definition) is 4. The molecule has 1 saturated heterocycles. The van der Waals surface area contributed by atoms with Crippen LogP contribution in [0.5, 0.6) is 5.88 Å². The van der Waals surface area contributed by atoms with Gasteiger partial charge in [0, 0.05) is 24.9 Å². The minimum Gasteiger partial charge on any atom is -0.472 e. The minimum absolute atomic E-state index is 0.0291. The summed E-state index contributed by atoms with van der Waals surface area (Å²) in [6.07, 6.45) is 3.05. The van der Waals surface area contributed by atoms with Crippen LogP contribution in [-0.2, 0) is 4.74 Å². The summed E-state index contributed by atoms with van der Waals surface area (Å²) < 4.78 is 34.4. The number of halogens is 2. The summed E-state index contributed by atoms with van der Waals surface area (Å²) in [5.74, 6) is -0.161. The largest absolute Gasteiger partial charge is 0.472 e. The van der Waals surface area contributed by atoms with Crippen LogP contribution >= 0.6 is 0 Å². The number of nitrogens with one attached hydrogen (secondary N) is 1. The van der Waals surface area contributed by atoms with Crippen molar-refractivity contribution in [1.82, 2.24) is 10.3 Å². The van der Waals surface area contributed by atoms with Gasteiger partial charge in [0.2, 0.25) is 5.88 Å². The van der Waals surface area contributed by atoms with E-state index in [0.29, 0.717) is 11.7 Å². The molecule has 2 heterocycles. The number of carbonyl (C=O) groups is 1. The highest BCUT2D eigenvalue weighted by atomic mass is 19.3. The van der Waals surface area contributed by atoms with Crippen molar-refractivity contribution in [3.05, 3.63) is 23.9 Å². The second kappa shape index (κ2) is 8.76. The molecule has 23 heavy (non-hydrogen) atoms. The van der Waals surface area contributed by atoms with Crippen molar-refractivity contribution in [1.29, 1.82) is 0 Å². The van der Waals surface area contributed by atoms with E-state index in [1.54, 1.807) is 0 Å². The van der Waals surface area contributed by atoms with E-state index in [1.165, 1.54) is 18.3 Å². The average molecular weight is 328 g/mol. The highest BCUT2D eigenvalue weighted by molar-refractivity contribution is 5.94. The Bertz CT molecular complexity index is 491. The second-order valence-corrected chi connectivity index (χ2v) is 5.67. The van der Waals surface area contributed by atoms with Crippen molar-refractivity contribution in [2.75, 3.05) is 13.2 Å². The van der Waals surface area contributed by atoms with E-state index in [-0.39, 0.29) is 17.8 Å². The molecule has 128 valence electrons. The van der Waals surface area contributed by atoms with Crippen molar-refractivity contribution in [2.45, 2.75) is 51.2 Å². The Morgan fingerprint density at radius 3 is 2.96 bits per heavy atom. The lowest BCUT2D eigenvalue weighted by atomic mass is 10.1. The number of amides is 1. The maximum absolute atomic E-state index is 12.1. The quantitative estimate of drug-likeness (QED) is 0.797. The highest BCUT2D eigenvalue weighted by Gasteiger charge is 2.17. The minimum atomic E-state index is -2.55. The van der Waals surface area contributed by atoms with E-state index >= 15 is 0 Å². The molecule has 1 aliphatic rings. The van der Waals surface area contributed by atoms with Crippen molar-refractivity contribution in [3.63, 3.8) is 0 Å². The van der Waals surface area contributed by atoms with Gasteiger partial charge in [0.1, 0.15) is 0 Å². The summed E-state index contributed by atoms with van der Waals surface area (Å²) in [4.78, 5) is 15.9. The Morgan fingerprint density at radius 1 is 1.52 bits per heavy atom. The molecule has 7 heteroatoms. The summed E-state index contributed by atoms with van der Waals surface area (Å²) >= 11 is 0. The molecule has 0 aromatic carbocycles. The lowest BCUT2D eigenvalue weighted by Gasteiger charge is -2.16. The molecule has 1 fully saturated rings. The van der Waals surface area contributed by atoms with Gasteiger partial charge in [-0.15, -0.1) is 0 Å². The predicted octanol–water partition coefficient (Wildman–Crippen LogP) is 2.80. The highest BCUT2D eigenvalue weighted by Crippen LogP contribution is 2.17. The fraction of sp³-hybridized carbons (Fsp3) is 0.625. The van der Waals surface area contributed by atoms with E-state index in [4.69, 9.17) is 9.47 Å². The van der Waals surface area contributed by atoms with E-state index < -0.39 is 13.0 Å². The summed E-state index contributed by atoms with van der Waals surface area (Å²) in [5, 5.41) is 2.89. The van der Waals surface area contributed by atoms with Gasteiger partial charge >= 0.3 is 0 Å². The third kappa shape index (κ3) is 6.09. The molecule has 1 amide bonds. The number of alkyl halides is 2. The van der Waals surface area contributed by atoms with Crippen molar-refractivity contribution in [2.24, 2.45) is 0 Å². The van der Waals surface area contributed by atoms with E-state index in [9.17, 15) is 13.6 Å². The number of nitrogens with zero attached hydrogens (tertiary/aromatic N) is 1. The first-order chi connectivity index (χ1) is 11.0. The summed E-state index contributed by atoms with van der Waals surface area (Å²) in [6.45, 7) is 2.07. The van der Waals surface area contributed by atoms with Gasteiger partial charge in [-0.2, -0.15) is 0 Å². The zero-order valence-corrected chi connectivity index (χ0v) is 13.1. The Hall–Kier alpha value is -1.76. The molecule has 1 aliphatic heterocycles. The SMILES string of the molecule is C[C@@H](CC[C@@H]1CCCO1)NC(=O)c1ccc(OCC(F)F)nc1. The number of rotatable bonds is 8. The van der Waals surface area contributed by atoms with Crippen molar-refractivity contribution in [3.8, 4) is 5.88 Å². The molecule has 0 spiro atoms. The van der Waals surface area contributed by atoms with Gasteiger partial charge in [-0.1, -0.05) is 0 Å². The van der Waals surface area contributed by atoms with Crippen molar-refractivity contribution < 1.29 is 23.0 Å². The maximum atomic E-state index is 12.1. The first-order valence-electron chi connectivity index (χ1n) is 7.84. The van der Waals surface area contributed by atoms with Crippen LogP contribution in [0, 0.1) is 0 Å². The topological polar surface area (TPSA) is 60.5 Å². The Morgan fingerprint density at radius 2 is 2.35 bits per heavy atom. The average Bonchev–Trinajstić information content (AvgIpc) is 3.05. The van der Waals surface area contributed by atoms with Gasteiger partial charge in [0.15, 0.2) is 6.61 Å². The molecule has 1 N–H and O–H groups in total. The van der Waals surface area contributed by atoms with Crippen molar-refractivity contribution >= 4 is 5.91 Å². The molecule has 1 aromatic heterocycles. The van der Waals surface area contributed by atoms with Crippen LogP contribution in [0.15, 0.2) is 18.3 Å². The number of carbonyl (C=O) groups excluding carboxylic acids is 1. The summed E-state index contributed by atoms with van der Waals surface area (Å²) in [6, 6.07) is 2.95. The number of hydrogen-bond donors (Lipinski definition) is 1. The number of ether oxygens (including phenoxy) is 2. The lowest BCUT2D eigenvalue weighted by Crippen LogP contribution is -2.33. The van der Waals surface area contributed by atoms with Crippen LogP contribution in [-0.4, -0.2) is 42.7 Å². The third-order valence-corrected chi connectivity index (χ3v) is 3.68. The molecule has 2 atom stereocenters. The van der Waals surface area contributed by atoms with Crippen LogP contribution < -0.4 is 10.1 Å². The zero-order valence-electron chi connectivity index (χ0n) is 13.1. The van der Waals surface area contributed by atoms with E-state index in [2.05, 4.69) is 10.3 Å². The molecule has 2 rings (SSSR count). The fourth-order valence-electron chi connectivity index (χ4n) is 2.44. The van der Waals surface area contributed by atoms with Gasteiger partial charge in [-0.25, -0.2) is 13.8 Å². The van der Waals surface area contributed by atoms with Crippen LogP contribution in [0.4, 0.5) is 8.78 Å². The van der Waals surface area contributed by atoms with Gasteiger partial charge in [0.25, 0.3) is 12.3 Å². The second-order valence-electron chi connectivity index (χ2n) is 5.67. The monoisotopic (exact) mass is 328 g/mol. The van der Waals surface area contributed by atoms with Gasteiger partial charge in [-0.05, 0) is 38.7 Å². The van der Waals surface area contributed by atoms with Gasteiger partial charge in [-0.3, -0.25) is 4.79 Å². The molecule has 0 unspecified atom stereocenters. The van der Waals surface area contributed by atoms with E-state index in [1.807, 2.05) is 6.92 Å². The number of pyridine rings is 1. The van der Waals surface area contributed by atoms with Crippen LogP contribution in [0.25, 0.3) is 0 Å². The Labute approximate surface area is 134 Å². The lowest BCUT2D eigenvalue weighted by molar-refractivity contribution is 0.0794. The van der Waals surface area contributed by atoms with E-state index in [0.717, 1.165) is 32.3 Å². The smallest absolute Gasteiger partial charge is 0.272 e. The van der Waals surface area contributed by atoms with Crippen LogP contribution in [0.2, 0.25) is 0 Å². The molecule has 0 saturated carbocycles. The molecule has 1 aromatic rings. The fourth-order valence-corrected chi connectivity index (χ4v) is 2.44. The zero-order chi connectivity index (χ0) is 16.7. The first-order valence-corrected chi connectivity index (χ1v) is 7.84. The molecular weight excluding hydrogens is 306 g/mol. The number of aromatic nitrogens is 1. The Kier molecular flexibility index (Phi) is 6.70. The molecule has 0 radical (unpaired) electrons. The molecule has 5 nitrogen and oxygen atoms in total. The summed E-state index contributed by atoms with van der Waals surface area (Å²) in [5.41, 5.74) is 0.373. The Balaban J connectivity index is 1.75. The molecule has 0 bridgehead atoms. The molecular formula is C16H22F2N2O3. The third-order valence-electron chi connectivity index (χ3n) is 3.68. The van der Waals surface area contributed by atoms with Crippen LogP contribution in [0.1, 0.15) is 43.0 Å². The van der Waals surface area contributed by atoms with Crippen LogP contribution in [0.3, 0.4) is 0 Å². The molecule has 0 aliphatic carbocycles. The predicted molar refractivity (Wildman–Crippen MR) is 80.9 cm³/mol. The maximum Gasteiger partial charge on any atom is 0.272 e.